The predicted molar refractivity (Wildman–Crippen MR) is 91.3 cm³/mol. The summed E-state index contributed by atoms with van der Waals surface area (Å²) in [6, 6.07) is 4.66. The molecule has 1 atom stereocenters. The predicted octanol–water partition coefficient (Wildman–Crippen LogP) is 5.92. The summed E-state index contributed by atoms with van der Waals surface area (Å²) in [7, 11) is 0. The summed E-state index contributed by atoms with van der Waals surface area (Å²) in [5.74, 6) is -1.70. The Hall–Kier alpha value is -0.740. The highest BCUT2D eigenvalue weighted by Gasteiger charge is 2.39. The van der Waals surface area contributed by atoms with E-state index in [1.54, 1.807) is 0 Å². The largest absolute Gasteiger partial charge is 0.314 e. The highest BCUT2D eigenvalue weighted by atomic mass is 35.5. The van der Waals surface area contributed by atoms with E-state index < -0.39 is 5.92 Å². The molecule has 24 heavy (non-hydrogen) atoms. The van der Waals surface area contributed by atoms with Gasteiger partial charge < -0.3 is 5.32 Å². The van der Waals surface area contributed by atoms with Crippen molar-refractivity contribution >= 4 is 11.6 Å². The van der Waals surface area contributed by atoms with Crippen molar-refractivity contribution in [1.82, 2.24) is 5.32 Å². The number of rotatable bonds is 5. The van der Waals surface area contributed by atoms with Crippen molar-refractivity contribution in [2.75, 3.05) is 6.54 Å². The van der Waals surface area contributed by atoms with Crippen LogP contribution in [-0.4, -0.2) is 18.5 Å². The highest BCUT2D eigenvalue weighted by Crippen LogP contribution is 2.40. The van der Waals surface area contributed by atoms with E-state index in [0.29, 0.717) is 23.3 Å². The fraction of sp³-hybridized carbons (Fsp3) is 0.684. The number of alkyl halides is 2. The Morgan fingerprint density at radius 2 is 1.88 bits per heavy atom. The summed E-state index contributed by atoms with van der Waals surface area (Å²) in [5, 5.41) is 3.83. The summed E-state index contributed by atoms with van der Waals surface area (Å²) >= 11 is 6.17. The summed E-state index contributed by atoms with van der Waals surface area (Å²) < 4.78 is 39.5. The molecule has 3 rings (SSSR count). The molecule has 0 heterocycles. The van der Waals surface area contributed by atoms with Gasteiger partial charge in [0.1, 0.15) is 5.82 Å². The molecule has 0 amide bonds. The number of nitrogens with one attached hydrogen (secondary N) is 1. The molecule has 5 heteroatoms. The lowest BCUT2D eigenvalue weighted by molar-refractivity contribution is 0.00690. The van der Waals surface area contributed by atoms with E-state index in [4.69, 9.17) is 11.6 Å². The maximum absolute atomic E-state index is 13.2. The average molecular weight is 360 g/mol. The number of hydrogen-bond acceptors (Lipinski definition) is 1. The molecule has 1 unspecified atom stereocenters. The van der Waals surface area contributed by atoms with E-state index in [1.165, 1.54) is 12.1 Å². The van der Waals surface area contributed by atoms with Gasteiger partial charge in [0, 0.05) is 23.9 Å². The minimum absolute atomic E-state index is 0.0111. The van der Waals surface area contributed by atoms with Gasteiger partial charge in [-0.2, -0.15) is 0 Å². The maximum Gasteiger partial charge on any atom is 0.249 e. The van der Waals surface area contributed by atoms with Crippen molar-refractivity contribution in [2.24, 2.45) is 5.92 Å². The lowest BCUT2D eigenvalue weighted by Crippen LogP contribution is -2.30. The fourth-order valence-electron chi connectivity index (χ4n) is 4.21. The van der Waals surface area contributed by atoms with Crippen LogP contribution in [-0.2, 0) is 0 Å². The molecule has 2 aliphatic carbocycles. The first-order chi connectivity index (χ1) is 11.4. The van der Waals surface area contributed by atoms with Gasteiger partial charge in [0.25, 0.3) is 0 Å². The van der Waals surface area contributed by atoms with E-state index in [1.807, 2.05) is 6.07 Å². The van der Waals surface area contributed by atoms with Crippen LogP contribution < -0.4 is 5.32 Å². The van der Waals surface area contributed by atoms with E-state index in [9.17, 15) is 13.2 Å². The minimum atomic E-state index is -2.47. The Morgan fingerprint density at radius 1 is 1.12 bits per heavy atom. The molecule has 1 N–H and O–H groups in total. The van der Waals surface area contributed by atoms with Crippen molar-refractivity contribution in [3.05, 3.63) is 34.6 Å². The first-order valence-corrected chi connectivity index (χ1v) is 9.37. The average Bonchev–Trinajstić information content (AvgIpc) is 2.87. The van der Waals surface area contributed by atoms with E-state index in [-0.39, 0.29) is 24.7 Å². The van der Waals surface area contributed by atoms with Crippen LogP contribution in [0.25, 0.3) is 0 Å². The molecule has 1 aromatic rings. The smallest absolute Gasteiger partial charge is 0.249 e. The van der Waals surface area contributed by atoms with Crippen molar-refractivity contribution in [2.45, 2.75) is 69.2 Å². The second-order valence-corrected chi connectivity index (χ2v) is 7.83. The second kappa shape index (κ2) is 7.65. The monoisotopic (exact) mass is 359 g/mol. The fourth-order valence-corrected chi connectivity index (χ4v) is 4.53. The summed E-state index contributed by atoms with van der Waals surface area (Å²) in [4.78, 5) is 0. The van der Waals surface area contributed by atoms with Gasteiger partial charge in [0.15, 0.2) is 0 Å². The zero-order valence-corrected chi connectivity index (χ0v) is 14.6. The van der Waals surface area contributed by atoms with Crippen LogP contribution in [0.1, 0.15) is 62.8 Å². The summed E-state index contributed by atoms with van der Waals surface area (Å²) in [6.45, 7) is 0.827. The molecular formula is C19H25ClF3N. The standard InChI is InChI=1S/C19H25ClF3N/c20-18-11-15(21)5-6-17(18)14-3-1-13(2-4-14)8-10-24-16-7-9-19(22,23)12-16/h5-6,11,13-14,16,24H,1-4,7-10,12H2. The van der Waals surface area contributed by atoms with Crippen molar-refractivity contribution in [3.8, 4) is 0 Å². The zero-order valence-electron chi connectivity index (χ0n) is 13.8. The van der Waals surface area contributed by atoms with Crippen LogP contribution in [0.4, 0.5) is 13.2 Å². The zero-order chi connectivity index (χ0) is 17.2. The van der Waals surface area contributed by atoms with Crippen LogP contribution in [0.15, 0.2) is 18.2 Å². The Balaban J connectivity index is 1.39. The second-order valence-electron chi connectivity index (χ2n) is 7.42. The highest BCUT2D eigenvalue weighted by molar-refractivity contribution is 6.31. The number of halogens is 4. The molecule has 1 nitrogen and oxygen atoms in total. The molecule has 0 saturated heterocycles. The maximum atomic E-state index is 13.2. The Kier molecular flexibility index (Phi) is 5.76. The van der Waals surface area contributed by atoms with Gasteiger partial charge in [-0.15, -0.1) is 0 Å². The van der Waals surface area contributed by atoms with Gasteiger partial charge in [0.05, 0.1) is 0 Å². The first-order valence-electron chi connectivity index (χ1n) is 8.99. The third kappa shape index (κ3) is 4.66. The third-order valence-corrected chi connectivity index (χ3v) is 5.97. The topological polar surface area (TPSA) is 12.0 Å². The number of benzene rings is 1. The summed E-state index contributed by atoms with van der Waals surface area (Å²) in [5.41, 5.74) is 1.06. The van der Waals surface area contributed by atoms with Gasteiger partial charge in [-0.3, -0.25) is 0 Å². The van der Waals surface area contributed by atoms with Gasteiger partial charge in [-0.1, -0.05) is 17.7 Å². The third-order valence-electron chi connectivity index (χ3n) is 5.64. The molecule has 2 saturated carbocycles. The Morgan fingerprint density at radius 3 is 2.50 bits per heavy atom. The van der Waals surface area contributed by atoms with E-state index in [2.05, 4.69) is 5.32 Å². The van der Waals surface area contributed by atoms with Gasteiger partial charge in [0.2, 0.25) is 5.92 Å². The van der Waals surface area contributed by atoms with Crippen LogP contribution in [0.3, 0.4) is 0 Å². The lowest BCUT2D eigenvalue weighted by atomic mass is 9.77. The molecule has 0 radical (unpaired) electrons. The SMILES string of the molecule is Fc1ccc(C2CCC(CCNC3CCC(F)(F)C3)CC2)c(Cl)c1. The van der Waals surface area contributed by atoms with Crippen molar-refractivity contribution in [3.63, 3.8) is 0 Å². The van der Waals surface area contributed by atoms with Gasteiger partial charge >= 0.3 is 0 Å². The van der Waals surface area contributed by atoms with Crippen LogP contribution in [0.2, 0.25) is 5.02 Å². The summed E-state index contributed by atoms with van der Waals surface area (Å²) in [6.07, 6.45) is 6.03. The molecule has 0 aromatic heterocycles. The molecular weight excluding hydrogens is 335 g/mol. The lowest BCUT2D eigenvalue weighted by Gasteiger charge is -2.29. The first kappa shape index (κ1) is 18.1. The van der Waals surface area contributed by atoms with Crippen LogP contribution in [0, 0.1) is 11.7 Å². The molecule has 0 spiro atoms. The number of hydrogen-bond donors (Lipinski definition) is 1. The van der Waals surface area contributed by atoms with Crippen molar-refractivity contribution in [1.29, 1.82) is 0 Å². The molecule has 2 fully saturated rings. The molecule has 134 valence electrons. The van der Waals surface area contributed by atoms with Gasteiger partial charge in [-0.25, -0.2) is 13.2 Å². The minimum Gasteiger partial charge on any atom is -0.314 e. The van der Waals surface area contributed by atoms with Crippen molar-refractivity contribution < 1.29 is 13.2 Å². The Bertz CT molecular complexity index is 556. The quantitative estimate of drug-likeness (QED) is 0.688. The van der Waals surface area contributed by atoms with E-state index >= 15 is 0 Å². The normalized spacial score (nSPS) is 29.8. The van der Waals surface area contributed by atoms with Crippen LogP contribution in [0.5, 0.6) is 0 Å². The Labute approximate surface area is 147 Å². The molecule has 0 aliphatic heterocycles. The van der Waals surface area contributed by atoms with Crippen LogP contribution >= 0.6 is 11.6 Å². The molecule has 2 aliphatic rings. The molecule has 0 bridgehead atoms. The van der Waals surface area contributed by atoms with E-state index in [0.717, 1.165) is 44.2 Å². The molecule has 1 aromatic carbocycles. The van der Waals surface area contributed by atoms with Gasteiger partial charge in [-0.05, 0) is 74.6 Å².